The maximum absolute atomic E-state index is 12.8. The molecule has 0 aliphatic carbocycles. The van der Waals surface area contributed by atoms with E-state index in [1.165, 1.54) is 6.20 Å². The molecule has 1 aliphatic rings. The molecule has 3 rings (SSSR count). The summed E-state index contributed by atoms with van der Waals surface area (Å²) in [6.07, 6.45) is 3.82. The van der Waals surface area contributed by atoms with E-state index in [2.05, 4.69) is 34.8 Å². The fourth-order valence-electron chi connectivity index (χ4n) is 3.65. The Kier molecular flexibility index (Phi) is 6.69. The Balaban J connectivity index is 1.77. The Labute approximate surface area is 165 Å². The molecule has 5 nitrogen and oxygen atoms in total. The summed E-state index contributed by atoms with van der Waals surface area (Å²) in [5, 5.41) is 10.5. The smallest absolute Gasteiger partial charge is 0.258 e. The predicted molar refractivity (Wildman–Crippen MR) is 111 cm³/mol. The van der Waals surface area contributed by atoms with Gasteiger partial charge in [0, 0.05) is 17.9 Å². The number of halogens is 1. The molecule has 3 N–H and O–H groups in total. The Bertz CT molecular complexity index is 757. The molecule has 1 aliphatic heterocycles. The first-order valence-electron chi connectivity index (χ1n) is 9.54. The van der Waals surface area contributed by atoms with E-state index in [1.54, 1.807) is 12.1 Å². The van der Waals surface area contributed by atoms with Gasteiger partial charge >= 0.3 is 0 Å². The van der Waals surface area contributed by atoms with Crippen LogP contribution in [0.3, 0.4) is 0 Å². The second kappa shape index (κ2) is 9.20. The maximum atomic E-state index is 12.8. The van der Waals surface area contributed by atoms with Crippen LogP contribution < -0.4 is 16.0 Å². The molecule has 0 spiro atoms. The third kappa shape index (κ3) is 5.21. The number of benzene rings is 1. The lowest BCUT2D eigenvalue weighted by molar-refractivity contribution is 0.102. The average molecular weight is 387 g/mol. The molecule has 2 aromatic rings. The highest BCUT2D eigenvalue weighted by Crippen LogP contribution is 2.27. The average Bonchev–Trinajstić information content (AvgIpc) is 2.68. The van der Waals surface area contributed by atoms with Crippen molar-refractivity contribution in [2.75, 3.05) is 23.7 Å². The van der Waals surface area contributed by atoms with Gasteiger partial charge in [0.1, 0.15) is 5.82 Å². The lowest BCUT2D eigenvalue weighted by Gasteiger charge is -2.35. The summed E-state index contributed by atoms with van der Waals surface area (Å²) in [5.74, 6) is 1.38. The van der Waals surface area contributed by atoms with Crippen molar-refractivity contribution in [3.8, 4) is 0 Å². The van der Waals surface area contributed by atoms with Crippen molar-refractivity contribution >= 4 is 29.0 Å². The van der Waals surface area contributed by atoms with Crippen LogP contribution in [0.2, 0.25) is 5.02 Å². The van der Waals surface area contributed by atoms with Gasteiger partial charge in [0.05, 0.1) is 10.6 Å². The van der Waals surface area contributed by atoms with E-state index in [0.29, 0.717) is 34.3 Å². The molecule has 1 unspecified atom stereocenters. The molecule has 1 atom stereocenters. The second-order valence-corrected chi connectivity index (χ2v) is 7.80. The monoisotopic (exact) mass is 386 g/mol. The van der Waals surface area contributed by atoms with Crippen LogP contribution in [0.1, 0.15) is 37.0 Å². The molecule has 2 heterocycles. The largest absolute Gasteiger partial charge is 0.381 e. The van der Waals surface area contributed by atoms with Crippen molar-refractivity contribution in [1.82, 2.24) is 10.3 Å². The molecule has 1 aromatic heterocycles. The standard InChI is InChI=1S/C21H27ClN4O/c1-14(2)20(15-9-11-23-12-10-15)25-18-6-4-3-5-17(18)21(27)26-19-8-7-16(22)13-24-19/h3-8,13-15,20,23,25H,9-12H2,1-2H3,(H,24,26,27). The van der Waals surface area contributed by atoms with Crippen molar-refractivity contribution in [1.29, 1.82) is 0 Å². The van der Waals surface area contributed by atoms with Crippen molar-refractivity contribution < 1.29 is 4.79 Å². The Morgan fingerprint density at radius 3 is 2.59 bits per heavy atom. The van der Waals surface area contributed by atoms with Crippen LogP contribution in [-0.4, -0.2) is 30.0 Å². The van der Waals surface area contributed by atoms with Gasteiger partial charge in [0.15, 0.2) is 0 Å². The summed E-state index contributed by atoms with van der Waals surface area (Å²) in [7, 11) is 0. The molecule has 0 bridgehead atoms. The van der Waals surface area contributed by atoms with E-state index < -0.39 is 0 Å². The van der Waals surface area contributed by atoms with Crippen molar-refractivity contribution in [3.05, 3.63) is 53.2 Å². The van der Waals surface area contributed by atoms with E-state index in [0.717, 1.165) is 31.6 Å². The predicted octanol–water partition coefficient (Wildman–Crippen LogP) is 4.42. The number of carbonyl (C=O) groups excluding carboxylic acids is 1. The molecule has 1 fully saturated rings. The minimum atomic E-state index is -0.180. The molecule has 0 radical (unpaired) electrons. The van der Waals surface area contributed by atoms with Gasteiger partial charge in [-0.05, 0) is 62.0 Å². The summed E-state index contributed by atoms with van der Waals surface area (Å²) in [4.78, 5) is 17.0. The fraction of sp³-hybridized carbons (Fsp3) is 0.429. The van der Waals surface area contributed by atoms with Crippen molar-refractivity contribution in [2.45, 2.75) is 32.7 Å². The Morgan fingerprint density at radius 2 is 1.93 bits per heavy atom. The van der Waals surface area contributed by atoms with Gasteiger partial charge in [-0.25, -0.2) is 4.98 Å². The maximum Gasteiger partial charge on any atom is 0.258 e. The number of para-hydroxylation sites is 1. The van der Waals surface area contributed by atoms with Gasteiger partial charge < -0.3 is 16.0 Å². The molecule has 27 heavy (non-hydrogen) atoms. The van der Waals surface area contributed by atoms with Crippen LogP contribution in [-0.2, 0) is 0 Å². The number of carbonyl (C=O) groups is 1. The number of rotatable bonds is 6. The van der Waals surface area contributed by atoms with Gasteiger partial charge in [-0.3, -0.25) is 4.79 Å². The van der Waals surface area contributed by atoms with Crippen LogP contribution in [0.25, 0.3) is 0 Å². The van der Waals surface area contributed by atoms with Crippen LogP contribution in [0.4, 0.5) is 11.5 Å². The zero-order valence-electron chi connectivity index (χ0n) is 15.8. The van der Waals surface area contributed by atoms with E-state index in [1.807, 2.05) is 24.3 Å². The number of anilines is 2. The Hall–Kier alpha value is -2.11. The highest BCUT2D eigenvalue weighted by molar-refractivity contribution is 6.30. The summed E-state index contributed by atoms with van der Waals surface area (Å²) in [5.41, 5.74) is 1.48. The molecule has 0 saturated carbocycles. The molecule has 6 heteroatoms. The molecule has 1 amide bonds. The summed E-state index contributed by atoms with van der Waals surface area (Å²) < 4.78 is 0. The first-order valence-corrected chi connectivity index (χ1v) is 9.91. The van der Waals surface area contributed by atoms with Gasteiger partial charge in [-0.15, -0.1) is 0 Å². The molecule has 1 aromatic carbocycles. The number of pyridine rings is 1. The number of nitrogens with one attached hydrogen (secondary N) is 3. The van der Waals surface area contributed by atoms with Crippen LogP contribution in [0.5, 0.6) is 0 Å². The van der Waals surface area contributed by atoms with Crippen LogP contribution >= 0.6 is 11.6 Å². The van der Waals surface area contributed by atoms with Crippen molar-refractivity contribution in [3.63, 3.8) is 0 Å². The third-order valence-corrected chi connectivity index (χ3v) is 5.30. The lowest BCUT2D eigenvalue weighted by atomic mass is 9.83. The highest BCUT2D eigenvalue weighted by atomic mass is 35.5. The molecular formula is C21H27ClN4O. The van der Waals surface area contributed by atoms with E-state index in [4.69, 9.17) is 11.6 Å². The van der Waals surface area contributed by atoms with Gasteiger partial charge in [-0.1, -0.05) is 37.6 Å². The molecule has 1 saturated heterocycles. The zero-order chi connectivity index (χ0) is 19.2. The SMILES string of the molecule is CC(C)C(Nc1ccccc1C(=O)Nc1ccc(Cl)cn1)C1CCNCC1. The second-order valence-electron chi connectivity index (χ2n) is 7.36. The topological polar surface area (TPSA) is 66.0 Å². The van der Waals surface area contributed by atoms with Crippen LogP contribution in [0.15, 0.2) is 42.6 Å². The van der Waals surface area contributed by atoms with Gasteiger partial charge in [0.25, 0.3) is 5.91 Å². The fourth-order valence-corrected chi connectivity index (χ4v) is 3.76. The number of amides is 1. The number of piperidine rings is 1. The number of nitrogens with zero attached hydrogens (tertiary/aromatic N) is 1. The molecular weight excluding hydrogens is 360 g/mol. The normalized spacial score (nSPS) is 16.1. The van der Waals surface area contributed by atoms with E-state index in [-0.39, 0.29) is 5.91 Å². The van der Waals surface area contributed by atoms with Gasteiger partial charge in [-0.2, -0.15) is 0 Å². The number of hydrogen-bond acceptors (Lipinski definition) is 4. The minimum absolute atomic E-state index is 0.180. The third-order valence-electron chi connectivity index (χ3n) is 5.07. The quantitative estimate of drug-likeness (QED) is 0.687. The summed E-state index contributed by atoms with van der Waals surface area (Å²) >= 11 is 5.86. The zero-order valence-corrected chi connectivity index (χ0v) is 16.6. The van der Waals surface area contributed by atoms with Gasteiger partial charge in [0.2, 0.25) is 0 Å². The minimum Gasteiger partial charge on any atom is -0.381 e. The lowest BCUT2D eigenvalue weighted by Crippen LogP contribution is -2.41. The van der Waals surface area contributed by atoms with E-state index in [9.17, 15) is 4.79 Å². The number of hydrogen-bond donors (Lipinski definition) is 3. The molecule has 144 valence electrons. The first kappa shape index (κ1) is 19.6. The summed E-state index contributed by atoms with van der Waals surface area (Å²) in [6.45, 7) is 6.58. The van der Waals surface area contributed by atoms with E-state index >= 15 is 0 Å². The first-order chi connectivity index (χ1) is 13.0. The number of aromatic nitrogens is 1. The van der Waals surface area contributed by atoms with Crippen molar-refractivity contribution in [2.24, 2.45) is 11.8 Å². The highest BCUT2D eigenvalue weighted by Gasteiger charge is 2.27. The Morgan fingerprint density at radius 1 is 1.19 bits per heavy atom. The summed E-state index contributed by atoms with van der Waals surface area (Å²) in [6, 6.07) is 11.4. The van der Waals surface area contributed by atoms with Crippen LogP contribution in [0, 0.1) is 11.8 Å².